The molecule has 3 rings (SSSR count). The number of H-pyrrole nitrogens is 1. The lowest BCUT2D eigenvalue weighted by Crippen LogP contribution is -2.29. The number of aromatic amines is 1. The molecular formula is C17H20N4O2S2. The monoisotopic (exact) mass is 376 g/mol. The molecule has 1 N–H and O–H groups in total. The highest BCUT2D eigenvalue weighted by atomic mass is 32.2. The Labute approximate surface area is 154 Å². The Morgan fingerprint density at radius 1 is 1.56 bits per heavy atom. The van der Waals surface area contributed by atoms with Crippen LogP contribution in [0, 0.1) is 17.2 Å². The van der Waals surface area contributed by atoms with E-state index in [1.54, 1.807) is 18.4 Å². The molecule has 1 amide bonds. The zero-order chi connectivity index (χ0) is 18.0. The standard InChI is InChI=1S/C17H20N4O2S2/c1-10-4-5-11-12(8-10)25-16-14(11)15(23)19-17(20-16)24-9-13(22)21(2)7-3-6-18/h10H,3-5,7-9H2,1-2H3,(H,19,20,23)/t10-/m1/s1. The molecule has 6 nitrogen and oxygen atoms in total. The molecular weight excluding hydrogens is 356 g/mol. The van der Waals surface area contributed by atoms with Gasteiger partial charge in [-0.1, -0.05) is 18.7 Å². The molecule has 0 aromatic carbocycles. The van der Waals surface area contributed by atoms with Crippen molar-refractivity contribution >= 4 is 39.2 Å². The lowest BCUT2D eigenvalue weighted by molar-refractivity contribution is -0.127. The van der Waals surface area contributed by atoms with E-state index in [2.05, 4.69) is 16.9 Å². The van der Waals surface area contributed by atoms with E-state index in [0.717, 1.165) is 35.0 Å². The van der Waals surface area contributed by atoms with Gasteiger partial charge in [-0.2, -0.15) is 5.26 Å². The Balaban J connectivity index is 1.77. The van der Waals surface area contributed by atoms with Gasteiger partial charge in [-0.25, -0.2) is 4.98 Å². The lowest BCUT2D eigenvalue weighted by Gasteiger charge is -2.17. The molecule has 132 valence electrons. The van der Waals surface area contributed by atoms with Crippen molar-refractivity contribution in [3.63, 3.8) is 0 Å². The van der Waals surface area contributed by atoms with Gasteiger partial charge in [0.25, 0.3) is 5.56 Å². The van der Waals surface area contributed by atoms with Crippen molar-refractivity contribution in [2.24, 2.45) is 5.92 Å². The van der Waals surface area contributed by atoms with E-state index in [-0.39, 0.29) is 17.2 Å². The molecule has 1 atom stereocenters. The molecule has 0 aliphatic heterocycles. The first-order valence-corrected chi connectivity index (χ1v) is 10.1. The predicted molar refractivity (Wildman–Crippen MR) is 100 cm³/mol. The maximum atomic E-state index is 12.5. The largest absolute Gasteiger partial charge is 0.344 e. The minimum atomic E-state index is -0.107. The summed E-state index contributed by atoms with van der Waals surface area (Å²) in [6.45, 7) is 2.65. The van der Waals surface area contributed by atoms with Crippen LogP contribution in [0.4, 0.5) is 0 Å². The molecule has 2 aromatic heterocycles. The maximum absolute atomic E-state index is 12.5. The van der Waals surface area contributed by atoms with E-state index in [0.29, 0.717) is 24.0 Å². The smallest absolute Gasteiger partial charge is 0.260 e. The predicted octanol–water partition coefficient (Wildman–Crippen LogP) is 2.57. The van der Waals surface area contributed by atoms with Gasteiger partial charge in [0, 0.05) is 18.5 Å². The fourth-order valence-corrected chi connectivity index (χ4v) is 5.22. The molecule has 8 heteroatoms. The van der Waals surface area contributed by atoms with Gasteiger partial charge in [0.05, 0.1) is 23.6 Å². The van der Waals surface area contributed by atoms with Crippen molar-refractivity contribution in [3.8, 4) is 6.07 Å². The van der Waals surface area contributed by atoms with E-state index in [9.17, 15) is 9.59 Å². The van der Waals surface area contributed by atoms with Crippen LogP contribution in [-0.2, 0) is 17.6 Å². The Morgan fingerprint density at radius 2 is 2.36 bits per heavy atom. The van der Waals surface area contributed by atoms with Crippen LogP contribution in [0.1, 0.15) is 30.2 Å². The van der Waals surface area contributed by atoms with Crippen LogP contribution in [0.25, 0.3) is 10.2 Å². The Morgan fingerprint density at radius 3 is 3.12 bits per heavy atom. The molecule has 2 heterocycles. The van der Waals surface area contributed by atoms with Crippen LogP contribution in [-0.4, -0.2) is 40.1 Å². The number of aromatic nitrogens is 2. The van der Waals surface area contributed by atoms with E-state index in [1.165, 1.54) is 21.5 Å². The number of nitrogens with zero attached hydrogens (tertiary/aromatic N) is 3. The molecule has 0 radical (unpaired) electrons. The zero-order valence-electron chi connectivity index (χ0n) is 14.3. The van der Waals surface area contributed by atoms with Gasteiger partial charge in [-0.05, 0) is 30.7 Å². The third-order valence-corrected chi connectivity index (χ3v) is 6.47. The van der Waals surface area contributed by atoms with Crippen molar-refractivity contribution in [1.82, 2.24) is 14.9 Å². The van der Waals surface area contributed by atoms with Gasteiger partial charge >= 0.3 is 0 Å². The minimum Gasteiger partial charge on any atom is -0.344 e. The molecule has 0 saturated carbocycles. The van der Waals surface area contributed by atoms with Gasteiger partial charge in [0.15, 0.2) is 5.16 Å². The van der Waals surface area contributed by atoms with Crippen molar-refractivity contribution in [3.05, 3.63) is 20.8 Å². The summed E-state index contributed by atoms with van der Waals surface area (Å²) < 4.78 is 0. The summed E-state index contributed by atoms with van der Waals surface area (Å²) in [5, 5.41) is 9.79. The molecule has 25 heavy (non-hydrogen) atoms. The Kier molecular flexibility index (Phi) is 5.45. The number of rotatable bonds is 5. The average Bonchev–Trinajstić information content (AvgIpc) is 2.95. The molecule has 0 unspecified atom stereocenters. The van der Waals surface area contributed by atoms with Crippen LogP contribution in [0.5, 0.6) is 0 Å². The number of fused-ring (bicyclic) bond motifs is 3. The summed E-state index contributed by atoms with van der Waals surface area (Å²) in [5.41, 5.74) is 1.06. The van der Waals surface area contributed by atoms with Crippen LogP contribution in [0.2, 0.25) is 0 Å². The quantitative estimate of drug-likeness (QED) is 0.640. The van der Waals surface area contributed by atoms with Crippen LogP contribution >= 0.6 is 23.1 Å². The highest BCUT2D eigenvalue weighted by Crippen LogP contribution is 2.36. The third kappa shape index (κ3) is 3.88. The van der Waals surface area contributed by atoms with Gasteiger partial charge in [0.1, 0.15) is 4.83 Å². The number of amides is 1. The van der Waals surface area contributed by atoms with Crippen LogP contribution < -0.4 is 5.56 Å². The second-order valence-corrected chi connectivity index (χ2v) is 8.46. The maximum Gasteiger partial charge on any atom is 0.260 e. The normalized spacial score (nSPS) is 16.4. The van der Waals surface area contributed by atoms with Gasteiger partial charge in [-0.3, -0.25) is 9.59 Å². The van der Waals surface area contributed by atoms with Gasteiger partial charge in [-0.15, -0.1) is 11.3 Å². The molecule has 1 aliphatic carbocycles. The molecule has 1 aliphatic rings. The van der Waals surface area contributed by atoms with Crippen molar-refractivity contribution in [1.29, 1.82) is 5.26 Å². The van der Waals surface area contributed by atoms with E-state index >= 15 is 0 Å². The number of hydrogen-bond donors (Lipinski definition) is 1. The van der Waals surface area contributed by atoms with Gasteiger partial charge < -0.3 is 9.88 Å². The summed E-state index contributed by atoms with van der Waals surface area (Å²) in [6.07, 6.45) is 3.38. The summed E-state index contributed by atoms with van der Waals surface area (Å²) in [6, 6.07) is 2.02. The van der Waals surface area contributed by atoms with Crippen LogP contribution in [0.3, 0.4) is 0 Å². The number of nitriles is 1. The number of nitrogens with one attached hydrogen (secondary N) is 1. The lowest BCUT2D eigenvalue weighted by atomic mass is 9.89. The second-order valence-electron chi connectivity index (χ2n) is 6.42. The Hall–Kier alpha value is -1.85. The molecule has 2 aromatic rings. The SMILES string of the molecule is C[C@@H]1CCc2c(sc3nc(SCC(=O)N(C)CCC#N)[nH]c(=O)c23)C1. The number of hydrogen-bond acceptors (Lipinski definition) is 6. The first-order chi connectivity index (χ1) is 12.0. The second kappa shape index (κ2) is 7.58. The summed E-state index contributed by atoms with van der Waals surface area (Å²) >= 11 is 2.84. The van der Waals surface area contributed by atoms with E-state index in [1.807, 2.05) is 6.07 Å². The summed E-state index contributed by atoms with van der Waals surface area (Å²) in [4.78, 5) is 35.5. The van der Waals surface area contributed by atoms with E-state index < -0.39 is 0 Å². The number of carbonyl (C=O) groups is 1. The van der Waals surface area contributed by atoms with Crippen molar-refractivity contribution in [2.45, 2.75) is 37.8 Å². The number of aryl methyl sites for hydroxylation is 1. The van der Waals surface area contributed by atoms with Crippen molar-refractivity contribution in [2.75, 3.05) is 19.3 Å². The molecule has 0 saturated heterocycles. The minimum absolute atomic E-state index is 0.0812. The highest BCUT2D eigenvalue weighted by molar-refractivity contribution is 7.99. The third-order valence-electron chi connectivity index (χ3n) is 4.46. The number of thioether (sulfide) groups is 1. The average molecular weight is 377 g/mol. The zero-order valence-corrected chi connectivity index (χ0v) is 15.9. The molecule has 0 spiro atoms. The summed E-state index contributed by atoms with van der Waals surface area (Å²) in [7, 11) is 1.67. The summed E-state index contributed by atoms with van der Waals surface area (Å²) in [5.74, 6) is 0.760. The topological polar surface area (TPSA) is 89.8 Å². The van der Waals surface area contributed by atoms with E-state index in [4.69, 9.17) is 5.26 Å². The first kappa shape index (κ1) is 18.0. The highest BCUT2D eigenvalue weighted by Gasteiger charge is 2.23. The van der Waals surface area contributed by atoms with Crippen molar-refractivity contribution < 1.29 is 4.79 Å². The van der Waals surface area contributed by atoms with Crippen LogP contribution in [0.15, 0.2) is 9.95 Å². The molecule has 0 fully saturated rings. The fraction of sp³-hybridized carbons (Fsp3) is 0.529. The fourth-order valence-electron chi connectivity index (χ4n) is 2.98. The first-order valence-electron chi connectivity index (χ1n) is 8.28. The molecule has 0 bridgehead atoms. The Bertz CT molecular complexity index is 896. The number of carbonyl (C=O) groups excluding carboxylic acids is 1. The van der Waals surface area contributed by atoms with Gasteiger partial charge in [0.2, 0.25) is 5.91 Å². The number of thiophene rings is 1.